The number of carbonyl (C=O) groups excluding carboxylic acids is 1. The Balaban J connectivity index is 2.13. The lowest BCUT2D eigenvalue weighted by atomic mass is 10.1. The fourth-order valence-electron chi connectivity index (χ4n) is 1.85. The number of ether oxygens (including phenoxy) is 1. The Morgan fingerprint density at radius 2 is 2.00 bits per heavy atom. The van der Waals surface area contributed by atoms with Gasteiger partial charge in [0.05, 0.1) is 6.61 Å². The normalized spacial score (nSPS) is 10.3. The summed E-state index contributed by atoms with van der Waals surface area (Å²) in [6.07, 6.45) is 2.32. The molecule has 1 rings (SSSR count). The topological polar surface area (TPSA) is 50.4 Å². The summed E-state index contributed by atoms with van der Waals surface area (Å²) < 4.78 is 5.76. The van der Waals surface area contributed by atoms with Gasteiger partial charge in [-0.25, -0.2) is 0 Å². The third-order valence-corrected chi connectivity index (χ3v) is 3.10. The van der Waals surface area contributed by atoms with Gasteiger partial charge in [0.25, 0.3) is 0 Å². The maximum atomic E-state index is 11.5. The highest BCUT2D eigenvalue weighted by Crippen LogP contribution is 2.19. The van der Waals surface area contributed by atoms with Gasteiger partial charge in [0.15, 0.2) is 0 Å². The van der Waals surface area contributed by atoms with Gasteiger partial charge in [-0.05, 0) is 50.9 Å². The average Bonchev–Trinajstić information content (AvgIpc) is 2.42. The van der Waals surface area contributed by atoms with Crippen LogP contribution >= 0.6 is 0 Å². The van der Waals surface area contributed by atoms with Crippen molar-refractivity contribution in [2.45, 2.75) is 33.1 Å². The average molecular weight is 278 g/mol. The van der Waals surface area contributed by atoms with Crippen LogP contribution in [0.3, 0.4) is 0 Å². The van der Waals surface area contributed by atoms with Crippen LogP contribution in [-0.4, -0.2) is 32.7 Å². The molecule has 0 aliphatic rings. The van der Waals surface area contributed by atoms with Gasteiger partial charge in [-0.1, -0.05) is 12.1 Å². The molecule has 1 aromatic carbocycles. The molecule has 0 atom stereocenters. The zero-order valence-corrected chi connectivity index (χ0v) is 12.8. The molecule has 4 nitrogen and oxygen atoms in total. The summed E-state index contributed by atoms with van der Waals surface area (Å²) >= 11 is 0. The molecule has 0 aromatic heterocycles. The number of hydrogen-bond donors (Lipinski definition) is 2. The Kier molecular flexibility index (Phi) is 7.73. The highest BCUT2D eigenvalue weighted by Gasteiger charge is 2.02. The minimum atomic E-state index is 0.118. The van der Waals surface area contributed by atoms with Crippen molar-refractivity contribution < 1.29 is 9.53 Å². The number of nitrogens with one attached hydrogen (secondary N) is 2. The molecule has 0 saturated carbocycles. The van der Waals surface area contributed by atoms with Crippen molar-refractivity contribution in [1.82, 2.24) is 10.6 Å². The van der Waals surface area contributed by atoms with E-state index in [1.165, 1.54) is 5.56 Å². The number of unbranched alkanes of at least 4 members (excludes halogenated alkanes) is 1. The molecule has 0 heterocycles. The van der Waals surface area contributed by atoms with Crippen LogP contribution < -0.4 is 15.4 Å². The predicted molar refractivity (Wildman–Crippen MR) is 82.2 cm³/mol. The number of benzene rings is 1. The first-order chi connectivity index (χ1) is 9.63. The van der Waals surface area contributed by atoms with E-state index >= 15 is 0 Å². The van der Waals surface area contributed by atoms with E-state index in [0.29, 0.717) is 19.6 Å². The van der Waals surface area contributed by atoms with E-state index < -0.39 is 0 Å². The Morgan fingerprint density at radius 3 is 2.75 bits per heavy atom. The van der Waals surface area contributed by atoms with E-state index in [0.717, 1.165) is 30.7 Å². The van der Waals surface area contributed by atoms with Crippen molar-refractivity contribution in [2.75, 3.05) is 26.7 Å². The largest absolute Gasteiger partial charge is 0.493 e. The summed E-state index contributed by atoms with van der Waals surface area (Å²) in [5.41, 5.74) is 2.36. The monoisotopic (exact) mass is 278 g/mol. The Labute approximate surface area is 121 Å². The molecular formula is C16H26N2O2. The molecule has 112 valence electrons. The first-order valence-corrected chi connectivity index (χ1v) is 7.25. The fourth-order valence-corrected chi connectivity index (χ4v) is 1.85. The molecule has 1 aromatic rings. The maximum absolute atomic E-state index is 11.5. The second-order valence-electron chi connectivity index (χ2n) is 5.03. The lowest BCUT2D eigenvalue weighted by Gasteiger charge is -2.10. The quantitative estimate of drug-likeness (QED) is 0.681. The van der Waals surface area contributed by atoms with Crippen molar-refractivity contribution in [3.8, 4) is 5.75 Å². The van der Waals surface area contributed by atoms with Crippen LogP contribution in [0.4, 0.5) is 0 Å². The summed E-state index contributed by atoms with van der Waals surface area (Å²) in [7, 11) is 1.87. The predicted octanol–water partition coefficient (Wildman–Crippen LogP) is 2.19. The smallest absolute Gasteiger partial charge is 0.220 e. The van der Waals surface area contributed by atoms with Gasteiger partial charge >= 0.3 is 0 Å². The minimum Gasteiger partial charge on any atom is -0.493 e. The minimum absolute atomic E-state index is 0.118. The van der Waals surface area contributed by atoms with Gasteiger partial charge in [0, 0.05) is 19.5 Å². The number of hydrogen-bond acceptors (Lipinski definition) is 3. The van der Waals surface area contributed by atoms with E-state index in [4.69, 9.17) is 4.74 Å². The third-order valence-electron chi connectivity index (χ3n) is 3.10. The molecule has 0 fully saturated rings. The number of rotatable bonds is 9. The maximum Gasteiger partial charge on any atom is 0.220 e. The van der Waals surface area contributed by atoms with E-state index in [1.54, 1.807) is 0 Å². The number of amides is 1. The standard InChI is InChI=1S/C16H26N2O2/c1-13-7-8-14(2)15(12-13)20-11-5-4-6-16(19)18-10-9-17-3/h7-8,12,17H,4-6,9-11H2,1-3H3,(H,18,19). The summed E-state index contributed by atoms with van der Waals surface area (Å²) in [4.78, 5) is 11.5. The molecular weight excluding hydrogens is 252 g/mol. The Bertz CT molecular complexity index is 419. The molecule has 0 radical (unpaired) electrons. The van der Waals surface area contributed by atoms with Crippen molar-refractivity contribution in [3.05, 3.63) is 29.3 Å². The molecule has 0 unspecified atom stereocenters. The Morgan fingerprint density at radius 1 is 1.20 bits per heavy atom. The molecule has 0 aliphatic carbocycles. The van der Waals surface area contributed by atoms with E-state index in [1.807, 2.05) is 14.0 Å². The molecule has 0 spiro atoms. The van der Waals surface area contributed by atoms with E-state index in [-0.39, 0.29) is 5.91 Å². The fraction of sp³-hybridized carbons (Fsp3) is 0.562. The van der Waals surface area contributed by atoms with Gasteiger partial charge in [-0.15, -0.1) is 0 Å². The number of likely N-dealkylation sites (N-methyl/N-ethyl adjacent to an activating group) is 1. The van der Waals surface area contributed by atoms with Crippen molar-refractivity contribution >= 4 is 5.91 Å². The van der Waals surface area contributed by atoms with Crippen LogP contribution in [0.2, 0.25) is 0 Å². The highest BCUT2D eigenvalue weighted by molar-refractivity contribution is 5.75. The summed E-state index contributed by atoms with van der Waals surface area (Å²) in [5.74, 6) is 1.07. The molecule has 20 heavy (non-hydrogen) atoms. The second kappa shape index (κ2) is 9.37. The first-order valence-electron chi connectivity index (χ1n) is 7.25. The summed E-state index contributed by atoms with van der Waals surface area (Å²) in [6, 6.07) is 6.21. The Hall–Kier alpha value is -1.55. The van der Waals surface area contributed by atoms with Crippen LogP contribution in [0, 0.1) is 13.8 Å². The highest BCUT2D eigenvalue weighted by atomic mass is 16.5. The SMILES string of the molecule is CNCCNC(=O)CCCCOc1cc(C)ccc1C. The van der Waals surface area contributed by atoms with Gasteiger partial charge in [-0.2, -0.15) is 0 Å². The van der Waals surface area contributed by atoms with Crippen LogP contribution in [0.1, 0.15) is 30.4 Å². The lowest BCUT2D eigenvalue weighted by molar-refractivity contribution is -0.121. The first kappa shape index (κ1) is 16.5. The van der Waals surface area contributed by atoms with Gasteiger partial charge in [-0.3, -0.25) is 4.79 Å². The molecule has 0 saturated heterocycles. The van der Waals surface area contributed by atoms with Gasteiger partial charge in [0.1, 0.15) is 5.75 Å². The number of carbonyl (C=O) groups is 1. The summed E-state index contributed by atoms with van der Waals surface area (Å²) in [5, 5.41) is 5.86. The van der Waals surface area contributed by atoms with E-state index in [2.05, 4.69) is 35.8 Å². The van der Waals surface area contributed by atoms with Crippen molar-refractivity contribution in [2.24, 2.45) is 0 Å². The van der Waals surface area contributed by atoms with Crippen molar-refractivity contribution in [3.63, 3.8) is 0 Å². The van der Waals surface area contributed by atoms with Crippen LogP contribution in [-0.2, 0) is 4.79 Å². The summed E-state index contributed by atoms with van der Waals surface area (Å²) in [6.45, 7) is 6.26. The van der Waals surface area contributed by atoms with E-state index in [9.17, 15) is 4.79 Å². The van der Waals surface area contributed by atoms with Gasteiger partial charge < -0.3 is 15.4 Å². The molecule has 1 amide bonds. The zero-order valence-electron chi connectivity index (χ0n) is 12.8. The molecule has 2 N–H and O–H groups in total. The molecule has 0 aliphatic heterocycles. The lowest BCUT2D eigenvalue weighted by Crippen LogP contribution is -2.30. The van der Waals surface area contributed by atoms with Crippen LogP contribution in [0.25, 0.3) is 0 Å². The molecule has 4 heteroatoms. The molecule has 0 bridgehead atoms. The third kappa shape index (κ3) is 6.57. The second-order valence-corrected chi connectivity index (χ2v) is 5.03. The van der Waals surface area contributed by atoms with Gasteiger partial charge in [0.2, 0.25) is 5.91 Å². The van der Waals surface area contributed by atoms with Crippen LogP contribution in [0.5, 0.6) is 5.75 Å². The van der Waals surface area contributed by atoms with Crippen LogP contribution in [0.15, 0.2) is 18.2 Å². The zero-order chi connectivity index (χ0) is 14.8. The number of aryl methyl sites for hydroxylation is 2. The van der Waals surface area contributed by atoms with Crippen molar-refractivity contribution in [1.29, 1.82) is 0 Å².